The maximum Gasteiger partial charge on any atom is 0.433 e. The lowest BCUT2D eigenvalue weighted by Gasteiger charge is -2.14. The summed E-state index contributed by atoms with van der Waals surface area (Å²) in [5, 5.41) is 2.43. The van der Waals surface area contributed by atoms with Crippen molar-refractivity contribution in [1.29, 1.82) is 0 Å². The molecule has 3 N–H and O–H groups in total. The van der Waals surface area contributed by atoms with E-state index >= 15 is 0 Å². The van der Waals surface area contributed by atoms with Crippen molar-refractivity contribution in [3.05, 3.63) is 24.0 Å². The predicted octanol–water partition coefficient (Wildman–Crippen LogP) is 2.41. The van der Waals surface area contributed by atoms with Crippen LogP contribution in [-0.4, -0.2) is 16.9 Å². The molecular weight excluding hydrogens is 259 g/mol. The molecule has 1 amide bonds. The van der Waals surface area contributed by atoms with Gasteiger partial charge < -0.3 is 11.1 Å². The van der Waals surface area contributed by atoms with Crippen molar-refractivity contribution in [3.8, 4) is 0 Å². The third-order valence-corrected chi connectivity index (χ3v) is 2.38. The Morgan fingerprint density at radius 3 is 2.47 bits per heavy atom. The lowest BCUT2D eigenvalue weighted by molar-refractivity contribution is -0.141. The minimum absolute atomic E-state index is 0.192. The van der Waals surface area contributed by atoms with Crippen molar-refractivity contribution < 1.29 is 18.0 Å². The minimum Gasteiger partial charge on any atom is -0.323 e. The highest BCUT2D eigenvalue weighted by atomic mass is 19.4. The van der Waals surface area contributed by atoms with Crippen molar-refractivity contribution in [3.63, 3.8) is 0 Å². The van der Waals surface area contributed by atoms with Crippen LogP contribution < -0.4 is 11.1 Å². The largest absolute Gasteiger partial charge is 0.433 e. The fourth-order valence-electron chi connectivity index (χ4n) is 1.49. The highest BCUT2D eigenvalue weighted by molar-refractivity contribution is 5.94. The van der Waals surface area contributed by atoms with Gasteiger partial charge in [0.15, 0.2) is 0 Å². The molecule has 0 unspecified atom stereocenters. The van der Waals surface area contributed by atoms with Crippen LogP contribution in [0.2, 0.25) is 0 Å². The van der Waals surface area contributed by atoms with Crippen LogP contribution in [0.5, 0.6) is 0 Å². The minimum atomic E-state index is -4.49. The van der Waals surface area contributed by atoms with Crippen LogP contribution >= 0.6 is 0 Å². The molecule has 1 heterocycles. The molecule has 0 aliphatic rings. The Bertz CT molecular complexity index is 429. The van der Waals surface area contributed by atoms with E-state index < -0.39 is 23.8 Å². The van der Waals surface area contributed by atoms with E-state index in [4.69, 9.17) is 5.73 Å². The number of hydrogen-bond donors (Lipinski definition) is 2. The number of halogens is 3. The van der Waals surface area contributed by atoms with E-state index in [0.29, 0.717) is 6.42 Å². The zero-order chi connectivity index (χ0) is 14.6. The summed E-state index contributed by atoms with van der Waals surface area (Å²) in [6, 6.07) is 1.27. The Hall–Kier alpha value is -1.63. The lowest BCUT2D eigenvalue weighted by Crippen LogP contribution is -2.36. The van der Waals surface area contributed by atoms with Gasteiger partial charge in [0.05, 0.1) is 17.9 Å². The fraction of sp³-hybridized carbons (Fsp3) is 0.500. The van der Waals surface area contributed by atoms with E-state index in [1.807, 2.05) is 13.8 Å². The monoisotopic (exact) mass is 275 g/mol. The van der Waals surface area contributed by atoms with Crippen LogP contribution in [0.15, 0.2) is 18.3 Å². The van der Waals surface area contributed by atoms with Crippen molar-refractivity contribution in [2.24, 2.45) is 11.7 Å². The normalized spacial score (nSPS) is 13.4. The van der Waals surface area contributed by atoms with Gasteiger partial charge in [0, 0.05) is 0 Å². The van der Waals surface area contributed by atoms with Gasteiger partial charge in [-0.15, -0.1) is 0 Å². The highest BCUT2D eigenvalue weighted by Crippen LogP contribution is 2.27. The van der Waals surface area contributed by atoms with Gasteiger partial charge in [-0.2, -0.15) is 13.2 Å². The zero-order valence-electron chi connectivity index (χ0n) is 10.7. The summed E-state index contributed by atoms with van der Waals surface area (Å²) in [6.45, 7) is 3.85. The van der Waals surface area contributed by atoms with E-state index in [1.165, 1.54) is 0 Å². The van der Waals surface area contributed by atoms with Crippen LogP contribution in [0.4, 0.5) is 18.9 Å². The number of aromatic nitrogens is 1. The van der Waals surface area contributed by atoms with E-state index in [0.717, 1.165) is 18.3 Å². The third kappa shape index (κ3) is 4.86. The summed E-state index contributed by atoms with van der Waals surface area (Å²) in [6.07, 6.45) is -3.03. The first kappa shape index (κ1) is 15.4. The number of anilines is 1. The topological polar surface area (TPSA) is 68.0 Å². The number of pyridine rings is 1. The number of amides is 1. The molecule has 1 aromatic rings. The Labute approximate surface area is 109 Å². The molecule has 0 fully saturated rings. The van der Waals surface area contributed by atoms with Gasteiger partial charge in [-0.3, -0.25) is 4.79 Å². The Kier molecular flexibility index (Phi) is 4.88. The molecule has 0 saturated heterocycles. The second kappa shape index (κ2) is 6.01. The molecular formula is C12H16F3N3O. The van der Waals surface area contributed by atoms with Gasteiger partial charge in [0.2, 0.25) is 5.91 Å². The zero-order valence-corrected chi connectivity index (χ0v) is 10.7. The molecule has 0 aromatic carbocycles. The average Bonchev–Trinajstić information content (AvgIpc) is 2.27. The SMILES string of the molecule is CC(C)C[C@@H](N)C(=O)Nc1ccc(C(F)(F)F)nc1. The van der Waals surface area contributed by atoms with Crippen LogP contribution in [-0.2, 0) is 11.0 Å². The Balaban J connectivity index is 2.66. The van der Waals surface area contributed by atoms with Crippen molar-refractivity contribution >= 4 is 11.6 Å². The quantitative estimate of drug-likeness (QED) is 0.886. The van der Waals surface area contributed by atoms with E-state index in [-0.39, 0.29) is 11.6 Å². The molecule has 4 nitrogen and oxygen atoms in total. The number of hydrogen-bond acceptors (Lipinski definition) is 3. The predicted molar refractivity (Wildman–Crippen MR) is 65.3 cm³/mol. The lowest BCUT2D eigenvalue weighted by atomic mass is 10.0. The van der Waals surface area contributed by atoms with E-state index in [2.05, 4.69) is 10.3 Å². The number of carbonyl (C=O) groups excluding carboxylic acids is 1. The van der Waals surface area contributed by atoms with Gasteiger partial charge in [-0.05, 0) is 24.5 Å². The summed E-state index contributed by atoms with van der Waals surface area (Å²) >= 11 is 0. The second-order valence-corrected chi connectivity index (χ2v) is 4.66. The summed E-state index contributed by atoms with van der Waals surface area (Å²) in [5.41, 5.74) is 4.84. The first-order chi connectivity index (χ1) is 8.70. The number of alkyl halides is 3. The molecule has 0 bridgehead atoms. The first-order valence-electron chi connectivity index (χ1n) is 5.80. The maximum absolute atomic E-state index is 12.3. The molecule has 0 spiro atoms. The first-order valence-corrected chi connectivity index (χ1v) is 5.80. The molecule has 0 aliphatic heterocycles. The standard InChI is InChI=1S/C12H16F3N3O/c1-7(2)5-9(16)11(19)18-8-3-4-10(17-6-8)12(13,14)15/h3-4,6-7,9H,5,16H2,1-2H3,(H,18,19)/t9-/m1/s1. The summed E-state index contributed by atoms with van der Waals surface area (Å²) in [4.78, 5) is 14.9. The van der Waals surface area contributed by atoms with Crippen molar-refractivity contribution in [1.82, 2.24) is 4.98 Å². The number of nitrogens with one attached hydrogen (secondary N) is 1. The smallest absolute Gasteiger partial charge is 0.323 e. The molecule has 1 rings (SSSR count). The average molecular weight is 275 g/mol. The number of nitrogens with two attached hydrogens (primary N) is 1. The number of rotatable bonds is 4. The molecule has 0 radical (unpaired) electrons. The molecule has 0 aliphatic carbocycles. The summed E-state index contributed by atoms with van der Waals surface area (Å²) < 4.78 is 36.9. The number of carbonyl (C=O) groups is 1. The molecule has 0 saturated carbocycles. The van der Waals surface area contributed by atoms with E-state index in [1.54, 1.807) is 0 Å². The fourth-order valence-corrected chi connectivity index (χ4v) is 1.49. The molecule has 1 atom stereocenters. The summed E-state index contributed by atoms with van der Waals surface area (Å²) in [5.74, 6) is -0.179. The van der Waals surface area contributed by atoms with Crippen molar-refractivity contribution in [2.75, 3.05) is 5.32 Å². The van der Waals surface area contributed by atoms with Crippen molar-refractivity contribution in [2.45, 2.75) is 32.5 Å². The molecule has 106 valence electrons. The second-order valence-electron chi connectivity index (χ2n) is 4.66. The summed E-state index contributed by atoms with van der Waals surface area (Å²) in [7, 11) is 0. The molecule has 1 aromatic heterocycles. The van der Waals surface area contributed by atoms with Gasteiger partial charge in [-0.1, -0.05) is 13.8 Å². The van der Waals surface area contributed by atoms with Gasteiger partial charge in [0.25, 0.3) is 0 Å². The Morgan fingerprint density at radius 2 is 2.05 bits per heavy atom. The van der Waals surface area contributed by atoms with Crippen LogP contribution in [0.3, 0.4) is 0 Å². The molecule has 7 heteroatoms. The van der Waals surface area contributed by atoms with E-state index in [9.17, 15) is 18.0 Å². The van der Waals surface area contributed by atoms with Crippen LogP contribution in [0.25, 0.3) is 0 Å². The maximum atomic E-state index is 12.3. The van der Waals surface area contributed by atoms with Gasteiger partial charge >= 0.3 is 6.18 Å². The number of nitrogens with zero attached hydrogens (tertiary/aromatic N) is 1. The third-order valence-electron chi connectivity index (χ3n) is 2.38. The Morgan fingerprint density at radius 1 is 1.42 bits per heavy atom. The highest BCUT2D eigenvalue weighted by Gasteiger charge is 2.32. The van der Waals surface area contributed by atoms with Crippen LogP contribution in [0, 0.1) is 5.92 Å². The van der Waals surface area contributed by atoms with Crippen LogP contribution in [0.1, 0.15) is 26.0 Å². The van der Waals surface area contributed by atoms with Gasteiger partial charge in [0.1, 0.15) is 5.69 Å². The molecule has 19 heavy (non-hydrogen) atoms. The van der Waals surface area contributed by atoms with Gasteiger partial charge in [-0.25, -0.2) is 4.98 Å².